The van der Waals surface area contributed by atoms with Crippen molar-refractivity contribution in [1.29, 1.82) is 0 Å². The Morgan fingerprint density at radius 2 is 2.05 bits per heavy atom. The van der Waals surface area contributed by atoms with Crippen molar-refractivity contribution in [3.05, 3.63) is 29.6 Å². The van der Waals surface area contributed by atoms with Crippen LogP contribution in [0.15, 0.2) is 18.2 Å². The van der Waals surface area contributed by atoms with Crippen LogP contribution in [0.2, 0.25) is 0 Å². The molecule has 106 valence electrons. The Morgan fingerprint density at radius 3 is 2.55 bits per heavy atom. The zero-order valence-corrected chi connectivity index (χ0v) is 11.7. The summed E-state index contributed by atoms with van der Waals surface area (Å²) in [6.07, 6.45) is 0. The summed E-state index contributed by atoms with van der Waals surface area (Å²) in [5.41, 5.74) is -0.0335. The van der Waals surface area contributed by atoms with Crippen LogP contribution in [0, 0.1) is 17.7 Å². The Morgan fingerprint density at radius 1 is 1.40 bits per heavy atom. The number of anilines is 1. The van der Waals surface area contributed by atoms with Gasteiger partial charge in [-0.05, 0) is 32.0 Å². The van der Waals surface area contributed by atoms with E-state index in [1.807, 2.05) is 0 Å². The molecular formula is C13H12FNO4S. The van der Waals surface area contributed by atoms with Crippen molar-refractivity contribution in [3.8, 4) is 11.8 Å². The van der Waals surface area contributed by atoms with Gasteiger partial charge in [0.2, 0.25) is 0 Å². The van der Waals surface area contributed by atoms with Gasteiger partial charge in [0.05, 0.1) is 5.69 Å². The van der Waals surface area contributed by atoms with Crippen molar-refractivity contribution < 1.29 is 22.7 Å². The van der Waals surface area contributed by atoms with Crippen LogP contribution < -0.4 is 4.31 Å². The summed E-state index contributed by atoms with van der Waals surface area (Å²) in [6, 6.07) is 3.59. The summed E-state index contributed by atoms with van der Waals surface area (Å²) in [4.78, 5) is 11.8. The fourth-order valence-electron chi connectivity index (χ4n) is 1.78. The Balaban J connectivity index is 2.44. The monoisotopic (exact) mass is 297 g/mol. The molecule has 5 nitrogen and oxygen atoms in total. The van der Waals surface area contributed by atoms with Crippen molar-refractivity contribution in [2.45, 2.75) is 18.6 Å². The highest BCUT2D eigenvalue weighted by Crippen LogP contribution is 2.40. The Bertz CT molecular complexity index is 743. The molecule has 2 rings (SSSR count). The van der Waals surface area contributed by atoms with Crippen LogP contribution in [0.5, 0.6) is 0 Å². The minimum atomic E-state index is -3.89. The number of hydrogen-bond acceptors (Lipinski definition) is 4. The van der Waals surface area contributed by atoms with Gasteiger partial charge < -0.3 is 5.11 Å². The molecule has 0 bridgehead atoms. The second-order valence-electron chi connectivity index (χ2n) is 4.71. The number of aliphatic hydroxyl groups excluding tert-OH is 1. The van der Waals surface area contributed by atoms with E-state index < -0.39 is 26.5 Å². The highest BCUT2D eigenvalue weighted by atomic mass is 32.2. The summed E-state index contributed by atoms with van der Waals surface area (Å²) in [7, 11) is -3.89. The number of aliphatic hydroxyl groups is 1. The lowest BCUT2D eigenvalue weighted by Gasteiger charge is -2.42. The van der Waals surface area contributed by atoms with E-state index in [0.717, 1.165) is 6.07 Å². The van der Waals surface area contributed by atoms with E-state index >= 15 is 0 Å². The van der Waals surface area contributed by atoms with Crippen LogP contribution in [-0.2, 0) is 14.8 Å². The number of amides is 1. The molecule has 1 aliphatic rings. The first-order chi connectivity index (χ1) is 9.23. The number of carbonyl (C=O) groups excluding carboxylic acids is 1. The van der Waals surface area contributed by atoms with E-state index in [1.54, 1.807) is 0 Å². The topological polar surface area (TPSA) is 74.7 Å². The molecule has 0 radical (unpaired) electrons. The Labute approximate surface area is 116 Å². The molecule has 1 aromatic rings. The molecule has 1 aromatic carbocycles. The third-order valence-electron chi connectivity index (χ3n) is 3.06. The molecular weight excluding hydrogens is 285 g/mol. The standard InChI is InChI=1S/C13H12FNO4S/c1-13(2)12(17)15(20(13,18)19)11-6-5-9(4-3-7-16)8-10(11)14/h5-6,8,16H,7H2,1-2H3. The smallest absolute Gasteiger partial charge is 0.263 e. The van der Waals surface area contributed by atoms with E-state index in [1.165, 1.54) is 26.0 Å². The normalized spacial score (nSPS) is 19.0. The van der Waals surface area contributed by atoms with E-state index in [0.29, 0.717) is 4.31 Å². The number of benzene rings is 1. The van der Waals surface area contributed by atoms with Crippen LogP contribution in [0.4, 0.5) is 10.1 Å². The molecule has 0 spiro atoms. The number of rotatable bonds is 1. The van der Waals surface area contributed by atoms with Gasteiger partial charge in [-0.25, -0.2) is 17.1 Å². The van der Waals surface area contributed by atoms with E-state index in [2.05, 4.69) is 11.8 Å². The lowest BCUT2D eigenvalue weighted by Crippen LogP contribution is -2.67. The van der Waals surface area contributed by atoms with Crippen LogP contribution in [-0.4, -0.2) is 30.8 Å². The highest BCUT2D eigenvalue weighted by molar-refractivity contribution is 7.98. The molecule has 0 atom stereocenters. The largest absolute Gasteiger partial charge is 0.384 e. The summed E-state index contributed by atoms with van der Waals surface area (Å²) in [5, 5.41) is 8.55. The van der Waals surface area contributed by atoms with Crippen molar-refractivity contribution in [1.82, 2.24) is 0 Å². The Kier molecular flexibility index (Phi) is 3.32. The number of nitrogens with zero attached hydrogens (tertiary/aromatic N) is 1. The predicted molar refractivity (Wildman–Crippen MR) is 70.8 cm³/mol. The molecule has 1 saturated heterocycles. The Hall–Kier alpha value is -1.91. The van der Waals surface area contributed by atoms with Gasteiger partial charge in [-0.2, -0.15) is 0 Å². The molecule has 0 aromatic heterocycles. The average Bonchev–Trinajstić information content (AvgIpc) is 2.38. The fraction of sp³-hybridized carbons (Fsp3) is 0.308. The molecule has 0 unspecified atom stereocenters. The van der Waals surface area contributed by atoms with Crippen LogP contribution >= 0.6 is 0 Å². The average molecular weight is 297 g/mol. The zero-order chi connectivity index (χ0) is 15.1. The van der Waals surface area contributed by atoms with Gasteiger partial charge in [0.1, 0.15) is 12.4 Å². The molecule has 1 N–H and O–H groups in total. The van der Waals surface area contributed by atoms with Crippen LogP contribution in [0.1, 0.15) is 19.4 Å². The lowest BCUT2D eigenvalue weighted by atomic mass is 10.1. The van der Waals surface area contributed by atoms with Gasteiger partial charge in [-0.1, -0.05) is 11.8 Å². The van der Waals surface area contributed by atoms with Crippen molar-refractivity contribution in [2.24, 2.45) is 0 Å². The lowest BCUT2D eigenvalue weighted by molar-refractivity contribution is -0.120. The molecule has 1 heterocycles. The van der Waals surface area contributed by atoms with Gasteiger partial charge in [0.25, 0.3) is 15.9 Å². The van der Waals surface area contributed by atoms with Gasteiger partial charge in [0.15, 0.2) is 4.75 Å². The fourth-order valence-corrected chi connectivity index (χ4v) is 3.27. The summed E-state index contributed by atoms with van der Waals surface area (Å²) in [6.45, 7) is 2.19. The number of hydrogen-bond donors (Lipinski definition) is 1. The number of halogens is 1. The summed E-state index contributed by atoms with van der Waals surface area (Å²) in [5.74, 6) is 3.30. The predicted octanol–water partition coefficient (Wildman–Crippen LogP) is 0.625. The molecule has 1 fully saturated rings. The van der Waals surface area contributed by atoms with Gasteiger partial charge in [-0.15, -0.1) is 0 Å². The molecule has 20 heavy (non-hydrogen) atoms. The molecule has 0 saturated carbocycles. The van der Waals surface area contributed by atoms with Crippen molar-refractivity contribution >= 4 is 21.6 Å². The first kappa shape index (κ1) is 14.5. The van der Waals surface area contributed by atoms with Crippen molar-refractivity contribution in [3.63, 3.8) is 0 Å². The SMILES string of the molecule is CC1(C)C(=O)N(c2ccc(C#CCO)cc2F)S1(=O)=O. The molecule has 0 aliphatic carbocycles. The number of carbonyl (C=O) groups is 1. The minimum Gasteiger partial charge on any atom is -0.384 e. The number of sulfonamides is 1. The highest BCUT2D eigenvalue weighted by Gasteiger charge is 2.61. The van der Waals surface area contributed by atoms with Crippen LogP contribution in [0.3, 0.4) is 0 Å². The summed E-state index contributed by atoms with van der Waals surface area (Å²) >= 11 is 0. The maximum atomic E-state index is 13.9. The van der Waals surface area contributed by atoms with Gasteiger partial charge in [0, 0.05) is 5.56 Å². The third-order valence-corrected chi connectivity index (χ3v) is 5.37. The van der Waals surface area contributed by atoms with Gasteiger partial charge in [-0.3, -0.25) is 4.79 Å². The molecule has 1 aliphatic heterocycles. The first-order valence-corrected chi connectivity index (χ1v) is 7.16. The maximum Gasteiger partial charge on any atom is 0.263 e. The minimum absolute atomic E-state index is 0.282. The first-order valence-electron chi connectivity index (χ1n) is 5.72. The quantitative estimate of drug-likeness (QED) is 0.771. The van der Waals surface area contributed by atoms with E-state index in [-0.39, 0.29) is 17.9 Å². The zero-order valence-electron chi connectivity index (χ0n) is 10.8. The second-order valence-corrected chi connectivity index (χ2v) is 7.05. The van der Waals surface area contributed by atoms with Crippen molar-refractivity contribution in [2.75, 3.05) is 10.9 Å². The molecule has 7 heteroatoms. The van der Waals surface area contributed by atoms with E-state index in [4.69, 9.17) is 5.11 Å². The van der Waals surface area contributed by atoms with Gasteiger partial charge >= 0.3 is 0 Å². The summed E-state index contributed by atoms with van der Waals surface area (Å²) < 4.78 is 36.8. The third kappa shape index (κ3) is 1.88. The second kappa shape index (κ2) is 4.58. The molecule has 1 amide bonds. The van der Waals surface area contributed by atoms with Crippen LogP contribution in [0.25, 0.3) is 0 Å². The van der Waals surface area contributed by atoms with E-state index in [9.17, 15) is 17.6 Å². The maximum absolute atomic E-state index is 13.9.